The van der Waals surface area contributed by atoms with Crippen LogP contribution in [0, 0.1) is 0 Å². The first-order valence-electron chi connectivity index (χ1n) is 8.85. The number of nitrogens with one attached hydrogen (secondary N) is 1. The first-order chi connectivity index (χ1) is 11.2. The smallest absolute Gasteiger partial charge is 0.0564 e. The molecule has 0 saturated carbocycles. The van der Waals surface area contributed by atoms with Gasteiger partial charge in [-0.05, 0) is 55.6 Å². The Bertz CT molecular complexity index is 615. The molecule has 2 aromatic rings. The van der Waals surface area contributed by atoms with Crippen molar-refractivity contribution in [1.82, 2.24) is 10.2 Å². The van der Waals surface area contributed by atoms with Crippen molar-refractivity contribution < 1.29 is 5.11 Å². The van der Waals surface area contributed by atoms with E-state index in [4.69, 9.17) is 0 Å². The van der Waals surface area contributed by atoms with E-state index in [1.165, 1.54) is 16.3 Å². The quantitative estimate of drug-likeness (QED) is 0.803. The highest BCUT2D eigenvalue weighted by Gasteiger charge is 2.16. The van der Waals surface area contributed by atoms with Crippen LogP contribution in [0.25, 0.3) is 10.8 Å². The van der Waals surface area contributed by atoms with E-state index in [0.717, 1.165) is 45.4 Å². The van der Waals surface area contributed by atoms with Gasteiger partial charge in [-0.25, -0.2) is 0 Å². The summed E-state index contributed by atoms with van der Waals surface area (Å²) in [7, 11) is 0. The summed E-state index contributed by atoms with van der Waals surface area (Å²) in [4.78, 5) is 2.47. The summed E-state index contributed by atoms with van der Waals surface area (Å²) in [5.74, 6) is 0. The number of hydrogen-bond acceptors (Lipinski definition) is 3. The van der Waals surface area contributed by atoms with Crippen LogP contribution in [0.15, 0.2) is 42.5 Å². The molecule has 0 bridgehead atoms. The number of aliphatic hydroxyl groups excluding tert-OH is 1. The minimum atomic E-state index is -0.0734. The Morgan fingerprint density at radius 2 is 1.87 bits per heavy atom. The molecule has 0 aliphatic carbocycles. The lowest BCUT2D eigenvalue weighted by Gasteiger charge is -2.29. The van der Waals surface area contributed by atoms with Crippen LogP contribution in [0.1, 0.15) is 37.8 Å². The maximum Gasteiger partial charge on any atom is 0.0564 e. The van der Waals surface area contributed by atoms with Crippen molar-refractivity contribution in [1.29, 1.82) is 0 Å². The molecule has 2 aromatic carbocycles. The fourth-order valence-electron chi connectivity index (χ4n) is 3.50. The molecule has 1 aliphatic rings. The Morgan fingerprint density at radius 1 is 1.13 bits per heavy atom. The zero-order valence-corrected chi connectivity index (χ0v) is 14.0. The van der Waals surface area contributed by atoms with Gasteiger partial charge in [0, 0.05) is 19.1 Å². The largest absolute Gasteiger partial charge is 0.393 e. The van der Waals surface area contributed by atoms with E-state index in [1.54, 1.807) is 0 Å². The van der Waals surface area contributed by atoms with Crippen LogP contribution in [0.4, 0.5) is 0 Å². The van der Waals surface area contributed by atoms with Gasteiger partial charge in [0.05, 0.1) is 6.10 Å². The second kappa shape index (κ2) is 7.91. The van der Waals surface area contributed by atoms with Gasteiger partial charge in [-0.1, -0.05) is 42.5 Å². The van der Waals surface area contributed by atoms with Crippen LogP contribution >= 0.6 is 0 Å². The fourth-order valence-corrected chi connectivity index (χ4v) is 3.50. The topological polar surface area (TPSA) is 35.5 Å². The predicted octanol–water partition coefficient (Wildman–Crippen LogP) is 3.34. The Hall–Kier alpha value is -1.42. The molecular formula is C20H28N2O. The fraction of sp³-hybridized carbons (Fsp3) is 0.500. The molecule has 3 heteroatoms. The SMILES string of the molecule is CC(NCCCN1CCC(O)CC1)c1cccc2ccccc12. The van der Waals surface area contributed by atoms with Crippen molar-refractivity contribution in [2.45, 2.75) is 38.3 Å². The second-order valence-electron chi connectivity index (χ2n) is 6.67. The van der Waals surface area contributed by atoms with E-state index >= 15 is 0 Å². The number of nitrogens with zero attached hydrogens (tertiary/aromatic N) is 1. The number of rotatable bonds is 6. The van der Waals surface area contributed by atoms with E-state index in [2.05, 4.69) is 59.6 Å². The number of hydrogen-bond donors (Lipinski definition) is 2. The van der Waals surface area contributed by atoms with Crippen molar-refractivity contribution >= 4 is 10.8 Å². The van der Waals surface area contributed by atoms with Gasteiger partial charge in [-0.15, -0.1) is 0 Å². The number of aliphatic hydroxyl groups is 1. The Morgan fingerprint density at radius 3 is 2.70 bits per heavy atom. The molecule has 0 aromatic heterocycles. The monoisotopic (exact) mass is 312 g/mol. The number of fused-ring (bicyclic) bond motifs is 1. The average molecular weight is 312 g/mol. The molecule has 1 heterocycles. The van der Waals surface area contributed by atoms with E-state index < -0.39 is 0 Å². The maximum absolute atomic E-state index is 9.54. The lowest BCUT2D eigenvalue weighted by molar-refractivity contribution is 0.0820. The summed E-state index contributed by atoms with van der Waals surface area (Å²) in [6.07, 6.45) is 2.95. The second-order valence-corrected chi connectivity index (χ2v) is 6.67. The summed E-state index contributed by atoms with van der Waals surface area (Å²) in [6, 6.07) is 15.5. The van der Waals surface area contributed by atoms with Crippen LogP contribution in [-0.2, 0) is 0 Å². The zero-order chi connectivity index (χ0) is 16.1. The van der Waals surface area contributed by atoms with E-state index in [9.17, 15) is 5.11 Å². The molecule has 1 unspecified atom stereocenters. The minimum absolute atomic E-state index is 0.0734. The molecule has 0 amide bonds. The molecule has 0 radical (unpaired) electrons. The lowest BCUT2D eigenvalue weighted by atomic mass is 9.99. The third-order valence-electron chi connectivity index (χ3n) is 4.95. The standard InChI is InChI=1S/C20H28N2O/c1-16(19-9-4-7-17-6-2-3-8-20(17)19)21-12-5-13-22-14-10-18(23)11-15-22/h2-4,6-9,16,18,21,23H,5,10-15H2,1H3. The predicted molar refractivity (Wildman–Crippen MR) is 96.7 cm³/mol. The third-order valence-corrected chi connectivity index (χ3v) is 4.95. The normalized spacial score (nSPS) is 18.3. The molecule has 0 spiro atoms. The minimum Gasteiger partial charge on any atom is -0.393 e. The first-order valence-corrected chi connectivity index (χ1v) is 8.85. The van der Waals surface area contributed by atoms with Crippen LogP contribution < -0.4 is 5.32 Å². The van der Waals surface area contributed by atoms with Gasteiger partial charge in [-0.3, -0.25) is 0 Å². The summed E-state index contributed by atoms with van der Waals surface area (Å²) in [5.41, 5.74) is 1.38. The van der Waals surface area contributed by atoms with Crippen molar-refractivity contribution in [3.63, 3.8) is 0 Å². The highest BCUT2D eigenvalue weighted by atomic mass is 16.3. The van der Waals surface area contributed by atoms with Crippen molar-refractivity contribution in [3.8, 4) is 0 Å². The van der Waals surface area contributed by atoms with E-state index in [1.807, 2.05) is 0 Å². The van der Waals surface area contributed by atoms with Gasteiger partial charge in [0.2, 0.25) is 0 Å². The van der Waals surface area contributed by atoms with Crippen LogP contribution in [0.2, 0.25) is 0 Å². The van der Waals surface area contributed by atoms with Crippen LogP contribution in [0.3, 0.4) is 0 Å². The van der Waals surface area contributed by atoms with Gasteiger partial charge < -0.3 is 15.3 Å². The molecule has 124 valence electrons. The van der Waals surface area contributed by atoms with Crippen LogP contribution in [0.5, 0.6) is 0 Å². The number of piperidine rings is 1. The molecule has 3 nitrogen and oxygen atoms in total. The van der Waals surface area contributed by atoms with Gasteiger partial charge >= 0.3 is 0 Å². The zero-order valence-electron chi connectivity index (χ0n) is 14.0. The van der Waals surface area contributed by atoms with E-state index in [0.29, 0.717) is 6.04 Å². The summed E-state index contributed by atoms with van der Waals surface area (Å²) in [5, 5.41) is 15.9. The van der Waals surface area contributed by atoms with Crippen molar-refractivity contribution in [2.75, 3.05) is 26.2 Å². The van der Waals surface area contributed by atoms with Crippen molar-refractivity contribution in [2.24, 2.45) is 0 Å². The molecule has 1 saturated heterocycles. The summed E-state index contributed by atoms with van der Waals surface area (Å²) < 4.78 is 0. The Kier molecular flexibility index (Phi) is 5.65. The first kappa shape index (κ1) is 16.4. The molecule has 1 fully saturated rings. The average Bonchev–Trinajstić information content (AvgIpc) is 2.59. The van der Waals surface area contributed by atoms with Gasteiger partial charge in [0.15, 0.2) is 0 Å². The van der Waals surface area contributed by atoms with Crippen LogP contribution in [-0.4, -0.2) is 42.3 Å². The van der Waals surface area contributed by atoms with Gasteiger partial charge in [0.25, 0.3) is 0 Å². The lowest BCUT2D eigenvalue weighted by Crippen LogP contribution is -2.37. The molecule has 23 heavy (non-hydrogen) atoms. The number of likely N-dealkylation sites (tertiary alicyclic amines) is 1. The third kappa shape index (κ3) is 4.31. The maximum atomic E-state index is 9.54. The summed E-state index contributed by atoms with van der Waals surface area (Å²) in [6.45, 7) is 6.49. The van der Waals surface area contributed by atoms with Gasteiger partial charge in [0.1, 0.15) is 0 Å². The van der Waals surface area contributed by atoms with Crippen molar-refractivity contribution in [3.05, 3.63) is 48.0 Å². The molecule has 3 rings (SSSR count). The number of benzene rings is 2. The highest BCUT2D eigenvalue weighted by molar-refractivity contribution is 5.86. The highest BCUT2D eigenvalue weighted by Crippen LogP contribution is 2.23. The molecule has 1 aliphatic heterocycles. The van der Waals surface area contributed by atoms with Gasteiger partial charge in [-0.2, -0.15) is 0 Å². The van der Waals surface area contributed by atoms with E-state index in [-0.39, 0.29) is 6.10 Å². The Balaban J connectivity index is 1.48. The molecule has 1 atom stereocenters. The summed E-state index contributed by atoms with van der Waals surface area (Å²) >= 11 is 0. The molecular weight excluding hydrogens is 284 g/mol. The Labute approximate surface area is 139 Å². The molecule has 2 N–H and O–H groups in total.